The molecule has 3 heterocycles. The number of ether oxygens (including phenoxy) is 4. The van der Waals surface area contributed by atoms with Gasteiger partial charge in [0.1, 0.15) is 59.8 Å². The highest BCUT2D eigenvalue weighted by atomic mass is 16.7. The zero-order chi connectivity index (χ0) is 32.5. The Morgan fingerprint density at radius 1 is 0.711 bits per heavy atom. The first-order valence-corrected chi connectivity index (χ1v) is 13.8. The molecule has 16 nitrogen and oxygen atoms in total. The predicted octanol–water partition coefficient (Wildman–Crippen LogP) is -1.05. The van der Waals surface area contributed by atoms with Gasteiger partial charge in [-0.25, -0.2) is 4.79 Å². The monoisotopic (exact) mass is 634 g/mol. The molecule has 0 saturated carbocycles. The van der Waals surface area contributed by atoms with Crippen LogP contribution in [0.2, 0.25) is 0 Å². The molecule has 0 amide bonds. The molecule has 0 aliphatic carbocycles. The summed E-state index contributed by atoms with van der Waals surface area (Å²) in [4.78, 5) is 13.1. The van der Waals surface area contributed by atoms with E-state index in [-0.39, 0.29) is 38.3 Å². The summed E-state index contributed by atoms with van der Waals surface area (Å²) in [6.07, 6.45) is -16.2. The molecule has 0 bridgehead atoms. The van der Waals surface area contributed by atoms with E-state index in [4.69, 9.17) is 23.4 Å². The van der Waals surface area contributed by atoms with Crippen LogP contribution in [-0.2, 0) is 14.2 Å². The van der Waals surface area contributed by atoms with Gasteiger partial charge in [0.2, 0.25) is 12.0 Å². The third kappa shape index (κ3) is 5.05. The van der Waals surface area contributed by atoms with Gasteiger partial charge in [-0.15, -0.1) is 0 Å². The summed E-state index contributed by atoms with van der Waals surface area (Å²) >= 11 is 0. The highest BCUT2D eigenvalue weighted by molar-refractivity contribution is 6.19. The van der Waals surface area contributed by atoms with Crippen molar-refractivity contribution in [2.75, 3.05) is 6.61 Å². The second-order valence-electron chi connectivity index (χ2n) is 11.0. The van der Waals surface area contributed by atoms with Gasteiger partial charge < -0.3 is 74.4 Å². The Labute approximate surface area is 251 Å². The van der Waals surface area contributed by atoms with Crippen LogP contribution in [0.15, 0.2) is 39.5 Å². The lowest BCUT2D eigenvalue weighted by Gasteiger charge is -2.42. The molecule has 242 valence electrons. The second-order valence-corrected chi connectivity index (χ2v) is 11.0. The van der Waals surface area contributed by atoms with E-state index in [0.29, 0.717) is 0 Å². The fraction of sp³-hybridized carbons (Fsp3) is 0.414. The second kappa shape index (κ2) is 11.4. The van der Waals surface area contributed by atoms with Gasteiger partial charge in [-0.1, -0.05) is 12.1 Å². The van der Waals surface area contributed by atoms with Crippen LogP contribution in [0.3, 0.4) is 0 Å². The highest BCUT2D eigenvalue weighted by Crippen LogP contribution is 2.47. The lowest BCUT2D eigenvalue weighted by atomic mass is 9.98. The fourth-order valence-electron chi connectivity index (χ4n) is 5.65. The maximum Gasteiger partial charge on any atom is 0.344 e. The first-order valence-electron chi connectivity index (χ1n) is 13.8. The van der Waals surface area contributed by atoms with Gasteiger partial charge in [-0.05, 0) is 25.1 Å². The number of phenols is 4. The Morgan fingerprint density at radius 2 is 1.38 bits per heavy atom. The highest BCUT2D eigenvalue weighted by Gasteiger charge is 2.47. The zero-order valence-corrected chi connectivity index (χ0v) is 23.3. The molecular formula is C29H30O16. The number of aromatic hydroxyl groups is 4. The number of benzene rings is 3. The average Bonchev–Trinajstić information content (AvgIpc) is 3.00. The van der Waals surface area contributed by atoms with Crippen molar-refractivity contribution in [3.8, 4) is 28.7 Å². The Balaban J connectivity index is 1.39. The molecule has 6 rings (SSSR count). The van der Waals surface area contributed by atoms with Crippen LogP contribution in [0, 0.1) is 0 Å². The SMILES string of the molecule is C[C@@H]1O[C@@H](OC[C@H]2O[C@@H](Oc3c(O)c(O)cc4c(=O)oc5c6cccc(O)c6c(O)cc5c34)[C@H](O)[C@@H](O)[C@@H]2O)[C@H](O)[C@H](O)[C@H]1O. The van der Waals surface area contributed by atoms with E-state index in [9.17, 15) is 55.9 Å². The average molecular weight is 635 g/mol. The molecule has 2 aliphatic heterocycles. The van der Waals surface area contributed by atoms with E-state index >= 15 is 0 Å². The Hall–Kier alpha value is -3.97. The Morgan fingerprint density at radius 3 is 2.11 bits per heavy atom. The van der Waals surface area contributed by atoms with Crippen LogP contribution in [0.25, 0.3) is 32.5 Å². The fourth-order valence-corrected chi connectivity index (χ4v) is 5.65. The first-order chi connectivity index (χ1) is 21.3. The van der Waals surface area contributed by atoms with Crippen LogP contribution in [-0.4, -0.2) is 119 Å². The molecular weight excluding hydrogens is 604 g/mol. The van der Waals surface area contributed by atoms with Gasteiger partial charge >= 0.3 is 5.63 Å². The summed E-state index contributed by atoms with van der Waals surface area (Å²) in [7, 11) is 0. The third-order valence-electron chi connectivity index (χ3n) is 8.12. The number of fused-ring (bicyclic) bond motifs is 5. The van der Waals surface area contributed by atoms with Crippen molar-refractivity contribution >= 4 is 32.5 Å². The maximum atomic E-state index is 13.1. The minimum absolute atomic E-state index is 0.0189. The molecule has 2 fully saturated rings. The van der Waals surface area contributed by atoms with Gasteiger partial charge in [-0.2, -0.15) is 0 Å². The number of hydrogen-bond donors (Lipinski definition) is 10. The number of aliphatic hydroxyl groups is 6. The minimum atomic E-state index is -1.97. The number of rotatable bonds is 5. The number of phenolic OH excluding ortho intramolecular Hbond substituents is 4. The number of hydrogen-bond acceptors (Lipinski definition) is 16. The topological polar surface area (TPSA) is 269 Å². The van der Waals surface area contributed by atoms with Crippen molar-refractivity contribution in [1.29, 1.82) is 0 Å². The van der Waals surface area contributed by atoms with Gasteiger partial charge in [0.15, 0.2) is 17.8 Å². The molecule has 0 spiro atoms. The molecule has 10 atom stereocenters. The quantitative estimate of drug-likeness (QED) is 0.0713. The van der Waals surface area contributed by atoms with E-state index in [1.54, 1.807) is 0 Å². The lowest BCUT2D eigenvalue weighted by molar-refractivity contribution is -0.318. The van der Waals surface area contributed by atoms with E-state index in [0.717, 1.165) is 12.1 Å². The van der Waals surface area contributed by atoms with E-state index in [2.05, 4.69) is 0 Å². The Bertz CT molecular complexity index is 1820. The molecule has 16 heteroatoms. The van der Waals surface area contributed by atoms with Crippen LogP contribution < -0.4 is 10.4 Å². The molecule has 3 aromatic carbocycles. The smallest absolute Gasteiger partial charge is 0.344 e. The van der Waals surface area contributed by atoms with Gasteiger partial charge in [0, 0.05) is 16.2 Å². The molecule has 4 aromatic rings. The standard InChI is InChI=1S/C29H30O16/c1-8-18(33)21(36)23(38)28(42-8)41-7-15-20(35)22(37)24(39)29(43-15)45-26-16-10-5-13(31)17-9(3-2-4-12(17)30)25(10)44-27(40)11(16)6-14(32)19(26)34/h2-6,8,15,18,20-24,28-39H,7H2,1H3/t8-,15+,18-,20+,21+,22-,23+,24+,28+,29-/m0/s1. The van der Waals surface area contributed by atoms with Crippen LogP contribution >= 0.6 is 0 Å². The molecule has 2 aliphatic rings. The summed E-state index contributed by atoms with van der Waals surface area (Å²) in [5.41, 5.74) is -1.14. The largest absolute Gasteiger partial charge is 0.507 e. The van der Waals surface area contributed by atoms with Gasteiger partial charge in [0.25, 0.3) is 0 Å². The number of aliphatic hydroxyl groups excluding tert-OH is 6. The normalized spacial score (nSPS) is 32.3. The summed E-state index contributed by atoms with van der Waals surface area (Å²) < 4.78 is 27.7. The van der Waals surface area contributed by atoms with Crippen molar-refractivity contribution in [2.24, 2.45) is 0 Å². The molecule has 10 N–H and O–H groups in total. The van der Waals surface area contributed by atoms with E-state index in [1.165, 1.54) is 25.1 Å². The van der Waals surface area contributed by atoms with Crippen molar-refractivity contribution < 1.29 is 74.4 Å². The summed E-state index contributed by atoms with van der Waals surface area (Å²) in [6.45, 7) is 0.818. The maximum absolute atomic E-state index is 13.1. The van der Waals surface area contributed by atoms with Crippen molar-refractivity contribution in [3.63, 3.8) is 0 Å². The van der Waals surface area contributed by atoms with Crippen molar-refractivity contribution in [2.45, 2.75) is 68.3 Å². The lowest BCUT2D eigenvalue weighted by Crippen LogP contribution is -2.61. The van der Waals surface area contributed by atoms with E-state index in [1.807, 2.05) is 0 Å². The molecule has 1 aromatic heterocycles. The summed E-state index contributed by atoms with van der Waals surface area (Å²) in [6, 6.07) is 6.22. The van der Waals surface area contributed by atoms with Crippen LogP contribution in [0.5, 0.6) is 28.7 Å². The van der Waals surface area contributed by atoms with Crippen molar-refractivity contribution in [1.82, 2.24) is 0 Å². The third-order valence-corrected chi connectivity index (χ3v) is 8.12. The van der Waals surface area contributed by atoms with Gasteiger partial charge in [0.05, 0.1) is 23.5 Å². The first kappa shape index (κ1) is 31.0. The molecule has 45 heavy (non-hydrogen) atoms. The molecule has 0 unspecified atom stereocenters. The zero-order valence-electron chi connectivity index (χ0n) is 23.3. The molecule has 0 radical (unpaired) electrons. The van der Waals surface area contributed by atoms with E-state index < -0.39 is 96.6 Å². The van der Waals surface area contributed by atoms with Gasteiger partial charge in [-0.3, -0.25) is 0 Å². The predicted molar refractivity (Wildman–Crippen MR) is 150 cm³/mol. The van der Waals surface area contributed by atoms with Crippen LogP contribution in [0.4, 0.5) is 0 Å². The molecule has 2 saturated heterocycles. The minimum Gasteiger partial charge on any atom is -0.507 e. The van der Waals surface area contributed by atoms with Crippen LogP contribution in [0.1, 0.15) is 6.92 Å². The Kier molecular flexibility index (Phi) is 7.88. The van der Waals surface area contributed by atoms with Crippen molar-refractivity contribution in [3.05, 3.63) is 40.8 Å². The summed E-state index contributed by atoms with van der Waals surface area (Å²) in [5.74, 6) is -3.14. The summed E-state index contributed by atoms with van der Waals surface area (Å²) in [5, 5.41) is 104.